The molecular weight excluding hydrogens is 354 g/mol. The molecule has 5 nitrogen and oxygen atoms in total. The molecule has 2 saturated heterocycles. The van der Waals surface area contributed by atoms with Gasteiger partial charge in [-0.2, -0.15) is 4.31 Å². The Labute approximate surface area is 124 Å². The molecule has 0 N–H and O–H groups in total. The number of hydrogen-bond donors (Lipinski definition) is 0. The minimum absolute atomic E-state index is 0.378. The third-order valence-electron chi connectivity index (χ3n) is 3.44. The maximum atomic E-state index is 12.4. The summed E-state index contributed by atoms with van der Waals surface area (Å²) < 4.78 is 38.8. The van der Waals surface area contributed by atoms with Crippen molar-refractivity contribution in [3.63, 3.8) is 0 Å². The van der Waals surface area contributed by atoms with Gasteiger partial charge in [-0.1, -0.05) is 0 Å². The summed E-state index contributed by atoms with van der Waals surface area (Å²) in [5, 5.41) is 1.78. The minimum Gasteiger partial charge on any atom is -0.347 e. The van der Waals surface area contributed by atoms with Crippen molar-refractivity contribution in [3.05, 3.63) is 15.9 Å². The lowest BCUT2D eigenvalue weighted by Gasteiger charge is -2.36. The van der Waals surface area contributed by atoms with Crippen LogP contribution in [0, 0.1) is 0 Å². The molecule has 0 saturated carbocycles. The Kier molecular flexibility index (Phi) is 3.74. The van der Waals surface area contributed by atoms with Crippen LogP contribution in [0.25, 0.3) is 0 Å². The average Bonchev–Trinajstić information content (AvgIpc) is 3.00. The van der Waals surface area contributed by atoms with Gasteiger partial charge < -0.3 is 9.47 Å². The van der Waals surface area contributed by atoms with Gasteiger partial charge in [0.1, 0.15) is 4.21 Å². The van der Waals surface area contributed by atoms with Gasteiger partial charge in [0.05, 0.1) is 13.2 Å². The Morgan fingerprint density at radius 1 is 1.26 bits per heavy atom. The maximum absolute atomic E-state index is 12.4. The van der Waals surface area contributed by atoms with Crippen molar-refractivity contribution in [1.82, 2.24) is 4.31 Å². The molecule has 0 radical (unpaired) electrons. The molecule has 2 fully saturated rings. The summed E-state index contributed by atoms with van der Waals surface area (Å²) in [6, 6.07) is 1.65. The van der Waals surface area contributed by atoms with Gasteiger partial charge in [-0.3, -0.25) is 0 Å². The second-order valence-corrected chi connectivity index (χ2v) is 8.59. The van der Waals surface area contributed by atoms with Gasteiger partial charge in [-0.05, 0) is 22.0 Å². The average molecular weight is 368 g/mol. The van der Waals surface area contributed by atoms with Crippen molar-refractivity contribution in [2.24, 2.45) is 0 Å². The van der Waals surface area contributed by atoms with E-state index < -0.39 is 15.8 Å². The zero-order valence-electron chi connectivity index (χ0n) is 10.2. The van der Waals surface area contributed by atoms with Crippen LogP contribution in [0.5, 0.6) is 0 Å². The number of halogens is 1. The van der Waals surface area contributed by atoms with Gasteiger partial charge in [0.25, 0.3) is 10.0 Å². The van der Waals surface area contributed by atoms with E-state index in [0.29, 0.717) is 43.4 Å². The third-order valence-corrected chi connectivity index (χ3v) is 7.51. The molecule has 3 heterocycles. The topological polar surface area (TPSA) is 55.8 Å². The van der Waals surface area contributed by atoms with Crippen molar-refractivity contribution < 1.29 is 17.9 Å². The number of ether oxygens (including phenoxy) is 2. The van der Waals surface area contributed by atoms with E-state index in [1.165, 1.54) is 15.6 Å². The van der Waals surface area contributed by atoms with E-state index in [2.05, 4.69) is 15.9 Å². The normalized spacial score (nSPS) is 24.1. The van der Waals surface area contributed by atoms with Crippen molar-refractivity contribution in [3.8, 4) is 0 Å². The molecule has 2 aliphatic heterocycles. The SMILES string of the molecule is O=S(=O)(c1cc(Br)cs1)N1CCC2(CC1)OCCO2. The number of piperidine rings is 1. The van der Waals surface area contributed by atoms with E-state index in [-0.39, 0.29) is 0 Å². The minimum atomic E-state index is -3.38. The second kappa shape index (κ2) is 5.09. The van der Waals surface area contributed by atoms with Crippen LogP contribution in [0.3, 0.4) is 0 Å². The van der Waals surface area contributed by atoms with E-state index in [9.17, 15) is 8.42 Å². The zero-order valence-corrected chi connectivity index (χ0v) is 13.4. The number of hydrogen-bond acceptors (Lipinski definition) is 5. The van der Waals surface area contributed by atoms with Gasteiger partial charge in [0.15, 0.2) is 5.79 Å². The number of thiophene rings is 1. The van der Waals surface area contributed by atoms with Crippen LogP contribution in [0.4, 0.5) is 0 Å². The monoisotopic (exact) mass is 367 g/mol. The summed E-state index contributed by atoms with van der Waals surface area (Å²) >= 11 is 4.52. The fraction of sp³-hybridized carbons (Fsp3) is 0.636. The Hall–Kier alpha value is 0.01000. The highest BCUT2D eigenvalue weighted by atomic mass is 79.9. The highest BCUT2D eigenvalue weighted by Gasteiger charge is 2.42. The van der Waals surface area contributed by atoms with E-state index >= 15 is 0 Å². The first kappa shape index (κ1) is 14.0. The molecule has 0 unspecified atom stereocenters. The predicted molar refractivity (Wildman–Crippen MR) is 74.6 cm³/mol. The highest BCUT2D eigenvalue weighted by molar-refractivity contribution is 9.10. The molecule has 0 atom stereocenters. The van der Waals surface area contributed by atoms with Crippen LogP contribution in [0.15, 0.2) is 20.1 Å². The molecule has 1 spiro atoms. The number of rotatable bonds is 2. The van der Waals surface area contributed by atoms with Crippen LogP contribution in [0.1, 0.15) is 12.8 Å². The molecule has 0 aliphatic carbocycles. The third kappa shape index (κ3) is 2.62. The smallest absolute Gasteiger partial charge is 0.252 e. The molecule has 0 amide bonds. The summed E-state index contributed by atoms with van der Waals surface area (Å²) in [5.74, 6) is -0.540. The molecule has 1 aromatic heterocycles. The molecule has 19 heavy (non-hydrogen) atoms. The van der Waals surface area contributed by atoms with Gasteiger partial charge in [0.2, 0.25) is 0 Å². The fourth-order valence-electron chi connectivity index (χ4n) is 2.41. The van der Waals surface area contributed by atoms with Gasteiger partial charge in [-0.25, -0.2) is 8.42 Å². The summed E-state index contributed by atoms with van der Waals surface area (Å²) in [5.41, 5.74) is 0. The quantitative estimate of drug-likeness (QED) is 0.802. The summed E-state index contributed by atoms with van der Waals surface area (Å²) in [7, 11) is -3.38. The first-order chi connectivity index (χ1) is 9.02. The van der Waals surface area contributed by atoms with Crippen LogP contribution in [-0.4, -0.2) is 44.8 Å². The van der Waals surface area contributed by atoms with E-state index in [1.807, 2.05) is 0 Å². The Balaban J connectivity index is 1.74. The standard InChI is InChI=1S/C11H14BrNO4S2/c12-9-7-10(18-8-9)19(14,15)13-3-1-11(2-4-13)16-5-6-17-11/h7-8H,1-6H2. The van der Waals surface area contributed by atoms with Crippen molar-refractivity contribution in [1.29, 1.82) is 0 Å². The molecule has 2 aliphatic rings. The molecule has 8 heteroatoms. The second-order valence-electron chi connectivity index (χ2n) is 4.60. The molecule has 1 aromatic rings. The van der Waals surface area contributed by atoms with E-state index in [0.717, 1.165) is 4.47 Å². The maximum Gasteiger partial charge on any atom is 0.252 e. The first-order valence-electron chi connectivity index (χ1n) is 6.04. The van der Waals surface area contributed by atoms with Crippen LogP contribution >= 0.6 is 27.3 Å². The lowest BCUT2D eigenvalue weighted by atomic mass is 10.1. The highest BCUT2D eigenvalue weighted by Crippen LogP contribution is 2.34. The van der Waals surface area contributed by atoms with E-state index in [4.69, 9.17) is 9.47 Å². The van der Waals surface area contributed by atoms with Crippen LogP contribution < -0.4 is 0 Å². The zero-order chi connectivity index (χ0) is 13.5. The first-order valence-corrected chi connectivity index (χ1v) is 9.15. The molecule has 0 aromatic carbocycles. The fourth-order valence-corrected chi connectivity index (χ4v) is 5.86. The molecule has 0 bridgehead atoms. The Morgan fingerprint density at radius 3 is 2.42 bits per heavy atom. The summed E-state index contributed by atoms with van der Waals surface area (Å²) in [6.45, 7) is 2.09. The van der Waals surface area contributed by atoms with Crippen molar-refractivity contribution in [2.75, 3.05) is 26.3 Å². The van der Waals surface area contributed by atoms with Crippen molar-refractivity contribution in [2.45, 2.75) is 22.8 Å². The van der Waals surface area contributed by atoms with Crippen molar-refractivity contribution >= 4 is 37.3 Å². The molecular formula is C11H14BrNO4S2. The van der Waals surface area contributed by atoms with Crippen LogP contribution in [-0.2, 0) is 19.5 Å². The van der Waals surface area contributed by atoms with E-state index in [1.54, 1.807) is 11.4 Å². The largest absolute Gasteiger partial charge is 0.347 e. The predicted octanol–water partition coefficient (Wildman–Crippen LogP) is 2.04. The number of sulfonamides is 1. The van der Waals surface area contributed by atoms with Gasteiger partial charge in [-0.15, -0.1) is 11.3 Å². The number of nitrogens with zero attached hydrogens (tertiary/aromatic N) is 1. The lowest BCUT2D eigenvalue weighted by Crippen LogP contribution is -2.47. The van der Waals surface area contributed by atoms with Gasteiger partial charge in [0, 0.05) is 35.8 Å². The Bertz CT molecular complexity index is 555. The lowest BCUT2D eigenvalue weighted by molar-refractivity contribution is -0.179. The molecule has 106 valence electrons. The molecule has 3 rings (SSSR count). The summed E-state index contributed by atoms with van der Waals surface area (Å²) in [4.78, 5) is 0. The van der Waals surface area contributed by atoms with Crippen LogP contribution in [0.2, 0.25) is 0 Å². The summed E-state index contributed by atoms with van der Waals surface area (Å²) in [6.07, 6.45) is 1.19. The van der Waals surface area contributed by atoms with Gasteiger partial charge >= 0.3 is 0 Å². The Morgan fingerprint density at radius 2 is 1.89 bits per heavy atom.